The molecule has 1 aromatic carbocycles. The lowest BCUT2D eigenvalue weighted by Gasteiger charge is -2.07. The average Bonchev–Trinajstić information content (AvgIpc) is 2.94. The SMILES string of the molecule is C=CCn1c(-c2ccncc2)nn(CC(=O)Nc2ccccc2C)c1=S. The number of rotatable bonds is 6. The van der Waals surface area contributed by atoms with Crippen LogP contribution in [0.25, 0.3) is 11.4 Å². The molecule has 0 radical (unpaired) electrons. The average molecular weight is 365 g/mol. The van der Waals surface area contributed by atoms with Crippen LogP contribution in [0.2, 0.25) is 0 Å². The Balaban J connectivity index is 1.88. The molecule has 0 unspecified atom stereocenters. The molecule has 0 saturated carbocycles. The van der Waals surface area contributed by atoms with Crippen LogP contribution in [0.15, 0.2) is 61.4 Å². The van der Waals surface area contributed by atoms with Crippen molar-refractivity contribution in [3.63, 3.8) is 0 Å². The molecule has 6 nitrogen and oxygen atoms in total. The van der Waals surface area contributed by atoms with Gasteiger partial charge in [-0.1, -0.05) is 24.3 Å². The zero-order chi connectivity index (χ0) is 18.5. The van der Waals surface area contributed by atoms with Crippen LogP contribution in [-0.4, -0.2) is 25.2 Å². The van der Waals surface area contributed by atoms with Crippen molar-refractivity contribution in [2.75, 3.05) is 5.32 Å². The number of anilines is 1. The molecule has 2 aromatic heterocycles. The molecule has 3 rings (SSSR count). The van der Waals surface area contributed by atoms with E-state index in [1.165, 1.54) is 4.68 Å². The van der Waals surface area contributed by atoms with E-state index in [0.29, 0.717) is 17.1 Å². The molecule has 0 bridgehead atoms. The number of hydrogen-bond donors (Lipinski definition) is 1. The highest BCUT2D eigenvalue weighted by molar-refractivity contribution is 7.71. The maximum absolute atomic E-state index is 12.4. The van der Waals surface area contributed by atoms with E-state index in [1.54, 1.807) is 18.5 Å². The van der Waals surface area contributed by atoms with Gasteiger partial charge in [-0.15, -0.1) is 6.58 Å². The molecule has 0 aliphatic heterocycles. The van der Waals surface area contributed by atoms with E-state index in [4.69, 9.17) is 12.2 Å². The van der Waals surface area contributed by atoms with Crippen molar-refractivity contribution in [3.8, 4) is 11.4 Å². The third kappa shape index (κ3) is 3.78. The second kappa shape index (κ2) is 7.88. The van der Waals surface area contributed by atoms with Crippen LogP contribution in [-0.2, 0) is 17.9 Å². The van der Waals surface area contributed by atoms with E-state index >= 15 is 0 Å². The lowest BCUT2D eigenvalue weighted by molar-refractivity contribution is -0.116. The minimum atomic E-state index is -0.181. The van der Waals surface area contributed by atoms with E-state index in [0.717, 1.165) is 16.8 Å². The van der Waals surface area contributed by atoms with Crippen molar-refractivity contribution in [1.29, 1.82) is 0 Å². The molecule has 7 heteroatoms. The first-order chi connectivity index (χ1) is 12.6. The van der Waals surface area contributed by atoms with Gasteiger partial charge in [-0.2, -0.15) is 5.10 Å². The number of nitrogens with zero attached hydrogens (tertiary/aromatic N) is 4. The number of pyridine rings is 1. The highest BCUT2D eigenvalue weighted by atomic mass is 32.1. The molecule has 0 fully saturated rings. The first-order valence-electron chi connectivity index (χ1n) is 8.14. The minimum absolute atomic E-state index is 0.0371. The predicted molar refractivity (Wildman–Crippen MR) is 104 cm³/mol. The van der Waals surface area contributed by atoms with Gasteiger partial charge in [0.25, 0.3) is 0 Å². The number of allylic oxidation sites excluding steroid dienone is 1. The standard InChI is InChI=1S/C19H19N5OS/c1-3-12-23-18(15-8-10-20-11-9-15)22-24(19(23)26)13-17(25)21-16-7-5-4-6-14(16)2/h3-11H,1,12-13H2,2H3,(H,21,25). The number of carbonyl (C=O) groups is 1. The summed E-state index contributed by atoms with van der Waals surface area (Å²) in [5, 5.41) is 7.44. The summed E-state index contributed by atoms with van der Waals surface area (Å²) in [6, 6.07) is 11.3. The summed E-state index contributed by atoms with van der Waals surface area (Å²) >= 11 is 5.51. The molecule has 0 spiro atoms. The van der Waals surface area contributed by atoms with Gasteiger partial charge >= 0.3 is 0 Å². The normalized spacial score (nSPS) is 10.5. The number of benzene rings is 1. The van der Waals surface area contributed by atoms with Gasteiger partial charge in [0, 0.05) is 30.2 Å². The zero-order valence-corrected chi connectivity index (χ0v) is 15.2. The van der Waals surface area contributed by atoms with Gasteiger partial charge < -0.3 is 5.32 Å². The Morgan fingerprint density at radius 1 is 1.27 bits per heavy atom. The Morgan fingerprint density at radius 2 is 2.00 bits per heavy atom. The number of amides is 1. The summed E-state index contributed by atoms with van der Waals surface area (Å²) in [5.41, 5.74) is 2.66. The summed E-state index contributed by atoms with van der Waals surface area (Å²) in [4.78, 5) is 16.5. The van der Waals surface area contributed by atoms with E-state index in [1.807, 2.05) is 47.9 Å². The van der Waals surface area contributed by atoms with Crippen molar-refractivity contribution >= 4 is 23.8 Å². The number of nitrogens with one attached hydrogen (secondary N) is 1. The minimum Gasteiger partial charge on any atom is -0.324 e. The Bertz CT molecular complexity index is 991. The van der Waals surface area contributed by atoms with E-state index in [-0.39, 0.29) is 12.5 Å². The monoisotopic (exact) mass is 365 g/mol. The van der Waals surface area contributed by atoms with Crippen molar-refractivity contribution < 1.29 is 4.79 Å². The fourth-order valence-corrected chi connectivity index (χ4v) is 2.86. The smallest absolute Gasteiger partial charge is 0.246 e. The van der Waals surface area contributed by atoms with E-state index in [2.05, 4.69) is 22.0 Å². The van der Waals surface area contributed by atoms with Crippen molar-refractivity contribution in [1.82, 2.24) is 19.3 Å². The zero-order valence-electron chi connectivity index (χ0n) is 14.4. The van der Waals surface area contributed by atoms with Gasteiger partial charge in [-0.05, 0) is 42.9 Å². The highest BCUT2D eigenvalue weighted by Crippen LogP contribution is 2.18. The Morgan fingerprint density at radius 3 is 2.69 bits per heavy atom. The van der Waals surface area contributed by atoms with E-state index in [9.17, 15) is 4.79 Å². The third-order valence-corrected chi connectivity index (χ3v) is 4.32. The number of para-hydroxylation sites is 1. The number of aryl methyl sites for hydroxylation is 1. The third-order valence-electron chi connectivity index (χ3n) is 3.89. The van der Waals surface area contributed by atoms with Crippen molar-refractivity contribution in [2.24, 2.45) is 0 Å². The summed E-state index contributed by atoms with van der Waals surface area (Å²) in [6.07, 6.45) is 5.14. The predicted octanol–water partition coefficient (Wildman–Crippen LogP) is 3.61. The van der Waals surface area contributed by atoms with Crippen molar-refractivity contribution in [3.05, 3.63) is 71.8 Å². The summed E-state index contributed by atoms with van der Waals surface area (Å²) in [5.74, 6) is 0.501. The van der Waals surface area contributed by atoms with Crippen LogP contribution in [0.1, 0.15) is 5.56 Å². The fourth-order valence-electron chi connectivity index (χ4n) is 2.59. The quantitative estimate of drug-likeness (QED) is 0.535. The number of aromatic nitrogens is 4. The molecule has 2 heterocycles. The molecule has 0 aliphatic carbocycles. The van der Waals surface area contributed by atoms with Gasteiger partial charge in [0.05, 0.1) is 0 Å². The lowest BCUT2D eigenvalue weighted by Crippen LogP contribution is -2.20. The Labute approximate surface area is 156 Å². The van der Waals surface area contributed by atoms with Gasteiger partial charge in [-0.3, -0.25) is 14.3 Å². The molecule has 1 amide bonds. The largest absolute Gasteiger partial charge is 0.324 e. The second-order valence-corrected chi connectivity index (χ2v) is 6.13. The van der Waals surface area contributed by atoms with Crippen LogP contribution in [0.5, 0.6) is 0 Å². The molecule has 0 saturated heterocycles. The molecule has 1 N–H and O–H groups in total. The number of carbonyl (C=O) groups excluding carboxylic acids is 1. The molecular weight excluding hydrogens is 346 g/mol. The van der Waals surface area contributed by atoms with Crippen LogP contribution in [0.3, 0.4) is 0 Å². The van der Waals surface area contributed by atoms with Crippen LogP contribution >= 0.6 is 12.2 Å². The molecule has 26 heavy (non-hydrogen) atoms. The van der Waals surface area contributed by atoms with E-state index < -0.39 is 0 Å². The fraction of sp³-hybridized carbons (Fsp3) is 0.158. The van der Waals surface area contributed by atoms with Crippen LogP contribution in [0, 0.1) is 11.7 Å². The van der Waals surface area contributed by atoms with Crippen LogP contribution < -0.4 is 5.32 Å². The van der Waals surface area contributed by atoms with Gasteiger partial charge in [0.2, 0.25) is 5.91 Å². The molecular formula is C19H19N5OS. The van der Waals surface area contributed by atoms with Crippen LogP contribution in [0.4, 0.5) is 5.69 Å². The second-order valence-electron chi connectivity index (χ2n) is 5.76. The topological polar surface area (TPSA) is 64.7 Å². The summed E-state index contributed by atoms with van der Waals surface area (Å²) < 4.78 is 3.85. The molecule has 3 aromatic rings. The Kier molecular flexibility index (Phi) is 5.38. The first kappa shape index (κ1) is 17.8. The maximum atomic E-state index is 12.4. The highest BCUT2D eigenvalue weighted by Gasteiger charge is 2.14. The molecule has 0 atom stereocenters. The number of hydrogen-bond acceptors (Lipinski definition) is 4. The molecule has 0 aliphatic rings. The molecule has 132 valence electrons. The Hall–Kier alpha value is -3.06. The van der Waals surface area contributed by atoms with Gasteiger partial charge in [0.15, 0.2) is 10.6 Å². The van der Waals surface area contributed by atoms with Crippen molar-refractivity contribution in [2.45, 2.75) is 20.0 Å². The summed E-state index contributed by atoms with van der Waals surface area (Å²) in [7, 11) is 0. The summed E-state index contributed by atoms with van der Waals surface area (Å²) in [6.45, 7) is 6.26. The van der Waals surface area contributed by atoms with Gasteiger partial charge in [0.1, 0.15) is 6.54 Å². The van der Waals surface area contributed by atoms with Gasteiger partial charge in [-0.25, -0.2) is 4.68 Å². The first-order valence-corrected chi connectivity index (χ1v) is 8.55. The maximum Gasteiger partial charge on any atom is 0.246 e. The lowest BCUT2D eigenvalue weighted by atomic mass is 10.2.